The minimum absolute atomic E-state index is 0.00911. The van der Waals surface area contributed by atoms with Gasteiger partial charge in [-0.15, -0.1) is 16.8 Å². The first-order chi connectivity index (χ1) is 14.9. The molecule has 1 heterocycles. The summed E-state index contributed by atoms with van der Waals surface area (Å²) >= 11 is 1.39. The van der Waals surface area contributed by atoms with Crippen LogP contribution in [0, 0.1) is 0 Å². The fourth-order valence-electron chi connectivity index (χ4n) is 3.19. The molecule has 0 aliphatic carbocycles. The van der Waals surface area contributed by atoms with Crippen LogP contribution in [-0.2, 0) is 23.2 Å². The van der Waals surface area contributed by atoms with Crippen LogP contribution in [0.2, 0.25) is 0 Å². The Hall–Kier alpha value is -2.86. The highest BCUT2D eigenvalue weighted by Gasteiger charge is 2.17. The second-order valence-corrected chi connectivity index (χ2v) is 9.35. The Kier molecular flexibility index (Phi) is 7.69. The average Bonchev–Trinajstić information content (AvgIpc) is 3.15. The monoisotopic (exact) mass is 434 g/mol. The number of benzene rings is 2. The lowest BCUT2D eigenvalue weighted by atomic mass is 9.87. The molecule has 31 heavy (non-hydrogen) atoms. The molecule has 0 atom stereocenters. The van der Waals surface area contributed by atoms with Crippen molar-refractivity contribution in [3.63, 3.8) is 0 Å². The number of nitrogens with zero attached hydrogens (tertiary/aromatic N) is 3. The SMILES string of the molecule is C=CCn1c(SCC(=O)NCCc2ccccc2)nnc1-c1ccc(C(C)(C)C)cc1. The number of carbonyl (C=O) groups excluding carboxylic acids is 1. The zero-order chi connectivity index (χ0) is 22.3. The van der Waals surface area contributed by atoms with Gasteiger partial charge in [-0.2, -0.15) is 0 Å². The lowest BCUT2D eigenvalue weighted by molar-refractivity contribution is -0.118. The molecule has 0 saturated heterocycles. The summed E-state index contributed by atoms with van der Waals surface area (Å²) in [7, 11) is 0. The van der Waals surface area contributed by atoms with Gasteiger partial charge in [0.2, 0.25) is 5.91 Å². The van der Waals surface area contributed by atoms with Gasteiger partial charge in [0, 0.05) is 18.7 Å². The molecular weight excluding hydrogens is 404 g/mol. The van der Waals surface area contributed by atoms with Crippen molar-refractivity contribution in [1.29, 1.82) is 0 Å². The van der Waals surface area contributed by atoms with Gasteiger partial charge >= 0.3 is 0 Å². The standard InChI is InChI=1S/C25H30N4OS/c1-5-17-29-23(20-11-13-21(14-12-20)25(2,3)4)27-28-24(29)31-18-22(30)26-16-15-19-9-7-6-8-10-19/h5-14H,1,15-18H2,2-4H3,(H,26,30). The fourth-order valence-corrected chi connectivity index (χ4v) is 3.97. The van der Waals surface area contributed by atoms with Gasteiger partial charge in [-0.05, 0) is 23.0 Å². The van der Waals surface area contributed by atoms with E-state index < -0.39 is 0 Å². The molecule has 0 fully saturated rings. The van der Waals surface area contributed by atoms with E-state index in [4.69, 9.17) is 0 Å². The quantitative estimate of drug-likeness (QED) is 0.385. The molecule has 0 bridgehead atoms. The van der Waals surface area contributed by atoms with Gasteiger partial charge < -0.3 is 5.32 Å². The van der Waals surface area contributed by atoms with E-state index in [1.165, 1.54) is 22.9 Å². The van der Waals surface area contributed by atoms with E-state index in [-0.39, 0.29) is 11.3 Å². The molecule has 3 aromatic rings. The molecule has 2 aromatic carbocycles. The molecule has 0 radical (unpaired) electrons. The Balaban J connectivity index is 1.62. The number of amides is 1. The third-order valence-electron chi connectivity index (χ3n) is 4.95. The molecule has 0 aliphatic rings. The van der Waals surface area contributed by atoms with Crippen LogP contribution < -0.4 is 5.32 Å². The van der Waals surface area contributed by atoms with Gasteiger partial charge in [0.25, 0.3) is 0 Å². The molecule has 0 unspecified atom stereocenters. The van der Waals surface area contributed by atoms with Crippen LogP contribution in [0.3, 0.4) is 0 Å². The van der Waals surface area contributed by atoms with Crippen molar-refractivity contribution < 1.29 is 4.79 Å². The van der Waals surface area contributed by atoms with Crippen LogP contribution >= 0.6 is 11.8 Å². The number of rotatable bonds is 9. The summed E-state index contributed by atoms with van der Waals surface area (Å²) in [5.41, 5.74) is 3.58. The van der Waals surface area contributed by atoms with Crippen LogP contribution in [0.4, 0.5) is 0 Å². The number of allylic oxidation sites excluding steroid dienone is 1. The Labute approximate surface area is 189 Å². The van der Waals surface area contributed by atoms with Crippen molar-refractivity contribution in [2.24, 2.45) is 0 Å². The fraction of sp³-hybridized carbons (Fsp3) is 0.320. The Bertz CT molecular complexity index is 1000. The summed E-state index contributed by atoms with van der Waals surface area (Å²) in [4.78, 5) is 12.3. The molecule has 1 N–H and O–H groups in total. The maximum Gasteiger partial charge on any atom is 0.230 e. The highest BCUT2D eigenvalue weighted by molar-refractivity contribution is 7.99. The van der Waals surface area contributed by atoms with Crippen molar-refractivity contribution in [2.75, 3.05) is 12.3 Å². The number of carbonyl (C=O) groups is 1. The highest BCUT2D eigenvalue weighted by atomic mass is 32.2. The average molecular weight is 435 g/mol. The zero-order valence-corrected chi connectivity index (χ0v) is 19.3. The van der Waals surface area contributed by atoms with Gasteiger partial charge in [-0.1, -0.05) is 93.2 Å². The summed E-state index contributed by atoms with van der Waals surface area (Å²) < 4.78 is 2.00. The molecule has 0 saturated carbocycles. The highest BCUT2D eigenvalue weighted by Crippen LogP contribution is 2.27. The van der Waals surface area contributed by atoms with Crippen LogP contribution in [-0.4, -0.2) is 33.0 Å². The van der Waals surface area contributed by atoms with Gasteiger partial charge in [0.1, 0.15) is 0 Å². The summed E-state index contributed by atoms with van der Waals surface area (Å²) in [6.45, 7) is 11.7. The molecule has 1 aromatic heterocycles. The third kappa shape index (κ3) is 6.31. The van der Waals surface area contributed by atoms with Crippen molar-refractivity contribution >= 4 is 17.7 Å². The lowest BCUT2D eigenvalue weighted by Crippen LogP contribution is -2.27. The summed E-state index contributed by atoms with van der Waals surface area (Å²) in [6, 6.07) is 18.6. The van der Waals surface area contributed by atoms with E-state index in [9.17, 15) is 4.79 Å². The lowest BCUT2D eigenvalue weighted by Gasteiger charge is -2.19. The van der Waals surface area contributed by atoms with Gasteiger partial charge in [0.15, 0.2) is 11.0 Å². The summed E-state index contributed by atoms with van der Waals surface area (Å²) in [5, 5.41) is 12.4. The Morgan fingerprint density at radius 3 is 2.45 bits per heavy atom. The van der Waals surface area contributed by atoms with E-state index >= 15 is 0 Å². The van der Waals surface area contributed by atoms with Gasteiger partial charge in [-0.3, -0.25) is 9.36 Å². The predicted molar refractivity (Wildman–Crippen MR) is 128 cm³/mol. The number of hydrogen-bond donors (Lipinski definition) is 1. The first kappa shape index (κ1) is 22.8. The molecular formula is C25H30N4OS. The Morgan fingerprint density at radius 1 is 1.10 bits per heavy atom. The first-order valence-corrected chi connectivity index (χ1v) is 11.5. The van der Waals surface area contributed by atoms with Gasteiger partial charge in [0.05, 0.1) is 5.75 Å². The van der Waals surface area contributed by atoms with Crippen LogP contribution in [0.25, 0.3) is 11.4 Å². The van der Waals surface area contributed by atoms with Crippen molar-refractivity contribution in [2.45, 2.75) is 44.3 Å². The molecule has 6 heteroatoms. The summed E-state index contributed by atoms with van der Waals surface area (Å²) in [5.74, 6) is 1.07. The van der Waals surface area contributed by atoms with Crippen LogP contribution in [0.15, 0.2) is 72.4 Å². The molecule has 0 aliphatic heterocycles. The molecule has 0 spiro atoms. The van der Waals surface area contributed by atoms with E-state index in [0.717, 1.165) is 17.8 Å². The summed E-state index contributed by atoms with van der Waals surface area (Å²) in [6.07, 6.45) is 2.64. The van der Waals surface area contributed by atoms with Crippen LogP contribution in [0.5, 0.6) is 0 Å². The maximum absolute atomic E-state index is 12.3. The number of hydrogen-bond acceptors (Lipinski definition) is 4. The number of thioether (sulfide) groups is 1. The van der Waals surface area contributed by atoms with Crippen molar-refractivity contribution in [1.82, 2.24) is 20.1 Å². The number of nitrogens with one attached hydrogen (secondary N) is 1. The second-order valence-electron chi connectivity index (χ2n) is 8.41. The van der Waals surface area contributed by atoms with E-state index in [1.807, 2.05) is 28.8 Å². The van der Waals surface area contributed by atoms with E-state index in [1.54, 1.807) is 0 Å². The molecule has 1 amide bonds. The minimum atomic E-state index is -0.00911. The van der Waals surface area contributed by atoms with Crippen molar-refractivity contribution in [3.8, 4) is 11.4 Å². The first-order valence-electron chi connectivity index (χ1n) is 10.5. The molecule has 3 rings (SSSR count). The normalized spacial score (nSPS) is 11.3. The van der Waals surface area contributed by atoms with E-state index in [0.29, 0.717) is 24.0 Å². The molecule has 162 valence electrons. The smallest absolute Gasteiger partial charge is 0.230 e. The van der Waals surface area contributed by atoms with Crippen LogP contribution in [0.1, 0.15) is 31.9 Å². The Morgan fingerprint density at radius 2 is 1.81 bits per heavy atom. The topological polar surface area (TPSA) is 59.8 Å². The second kappa shape index (κ2) is 10.4. The third-order valence-corrected chi connectivity index (χ3v) is 5.92. The van der Waals surface area contributed by atoms with Crippen molar-refractivity contribution in [3.05, 3.63) is 78.4 Å². The number of aromatic nitrogens is 3. The van der Waals surface area contributed by atoms with E-state index in [2.05, 4.69) is 79.3 Å². The maximum atomic E-state index is 12.3. The van der Waals surface area contributed by atoms with Gasteiger partial charge in [-0.25, -0.2) is 0 Å². The predicted octanol–water partition coefficient (Wildman–Crippen LogP) is 4.88. The molecule has 5 nitrogen and oxygen atoms in total. The zero-order valence-electron chi connectivity index (χ0n) is 18.5. The largest absolute Gasteiger partial charge is 0.355 e. The minimum Gasteiger partial charge on any atom is -0.355 e.